The molecule has 2 fully saturated rings. The summed E-state index contributed by atoms with van der Waals surface area (Å²) in [5.41, 5.74) is 1.87. The number of alkyl halides is 3. The fourth-order valence-electron chi connectivity index (χ4n) is 6.02. The van der Waals surface area contributed by atoms with Crippen LogP contribution in [0, 0.1) is 5.82 Å². The topological polar surface area (TPSA) is 69.2 Å². The van der Waals surface area contributed by atoms with E-state index in [9.17, 15) is 17.6 Å². The molecule has 11 heteroatoms. The second kappa shape index (κ2) is 9.78. The Hall–Kier alpha value is -4.09. The number of ether oxygens (including phenoxy) is 1. The first kappa shape index (κ1) is 25.8. The molecule has 0 amide bonds. The van der Waals surface area contributed by atoms with Gasteiger partial charge in [0.1, 0.15) is 30.0 Å². The van der Waals surface area contributed by atoms with Crippen LogP contribution >= 0.6 is 0 Å². The number of hydrogen-bond acceptors (Lipinski definition) is 6. The third-order valence-corrected chi connectivity index (χ3v) is 7.94. The maximum atomic E-state index is 14.2. The highest BCUT2D eigenvalue weighted by Crippen LogP contribution is 2.40. The van der Waals surface area contributed by atoms with Gasteiger partial charge in [0.25, 0.3) is 0 Å². The number of aryl methyl sites for hydroxylation is 1. The average Bonchev–Trinajstić information content (AvgIpc) is 3.73. The third kappa shape index (κ3) is 4.68. The van der Waals surface area contributed by atoms with E-state index in [1.54, 1.807) is 41.9 Å². The maximum Gasteiger partial charge on any atom is 0.420 e. The zero-order valence-electron chi connectivity index (χ0n) is 22.0. The summed E-state index contributed by atoms with van der Waals surface area (Å²) in [5, 5.41) is 8.01. The van der Waals surface area contributed by atoms with Crippen LogP contribution in [0.5, 0.6) is 0 Å². The quantitative estimate of drug-likeness (QED) is 0.219. The highest BCUT2D eigenvalue weighted by molar-refractivity contribution is 5.84. The minimum Gasteiger partial charge on any atom is -0.435 e. The van der Waals surface area contributed by atoms with Crippen molar-refractivity contribution in [3.63, 3.8) is 0 Å². The van der Waals surface area contributed by atoms with Gasteiger partial charge in [-0.25, -0.2) is 9.37 Å². The van der Waals surface area contributed by atoms with Crippen LogP contribution < -0.4 is 0 Å². The predicted octanol–water partition coefficient (Wildman–Crippen LogP) is 6.83. The molecule has 0 N–H and O–H groups in total. The van der Waals surface area contributed by atoms with E-state index < -0.39 is 17.6 Å². The van der Waals surface area contributed by atoms with Crippen molar-refractivity contribution in [3.8, 4) is 34.0 Å². The van der Waals surface area contributed by atoms with Crippen LogP contribution in [0.1, 0.15) is 30.4 Å². The van der Waals surface area contributed by atoms with Crippen LogP contribution in [0.3, 0.4) is 0 Å². The molecule has 2 aromatic heterocycles. The number of hydrogen-bond donors (Lipinski definition) is 0. The van der Waals surface area contributed by atoms with Crippen molar-refractivity contribution in [2.45, 2.75) is 44.1 Å². The molecule has 3 aromatic carbocycles. The van der Waals surface area contributed by atoms with Crippen LogP contribution in [0.15, 0.2) is 65.3 Å². The Kier molecular flexibility index (Phi) is 6.16. The van der Waals surface area contributed by atoms with Crippen LogP contribution in [-0.2, 0) is 24.5 Å². The van der Waals surface area contributed by atoms with Gasteiger partial charge in [0.15, 0.2) is 11.4 Å². The zero-order valence-corrected chi connectivity index (χ0v) is 22.0. The molecular weight excluding hydrogens is 538 g/mol. The molecule has 0 spiro atoms. The maximum absolute atomic E-state index is 14.2. The second-order valence-electron chi connectivity index (χ2n) is 10.6. The molecule has 2 atom stereocenters. The summed E-state index contributed by atoms with van der Waals surface area (Å²) in [7, 11) is 1.76. The molecule has 41 heavy (non-hydrogen) atoms. The molecule has 1 aliphatic carbocycles. The summed E-state index contributed by atoms with van der Waals surface area (Å²) in [6.07, 6.45) is 0.0788. The van der Waals surface area contributed by atoms with Crippen molar-refractivity contribution in [3.05, 3.63) is 77.9 Å². The molecule has 2 aliphatic rings. The van der Waals surface area contributed by atoms with E-state index in [2.05, 4.69) is 20.1 Å². The normalized spacial score (nSPS) is 19.3. The molecule has 1 saturated heterocycles. The Morgan fingerprint density at radius 3 is 2.66 bits per heavy atom. The lowest BCUT2D eigenvalue weighted by molar-refractivity contribution is -0.136. The van der Waals surface area contributed by atoms with Gasteiger partial charge in [0.05, 0.1) is 6.10 Å². The standard InChI is InChI=1S/C30H25F4N5O2/c1-38-15-35-37-28(38)22-13-20(31)8-9-21(22)18-4-2-5-19(12-18)29-36-24-11-17(10-23(27(24)41-29)30(32,33)34)14-39-16-40-26-7-3-6-25(26)39/h2,4-5,8-13,15,25-26H,3,6-7,14,16H2,1H3/t25-,26+/m1/s1. The van der Waals surface area contributed by atoms with Crippen molar-refractivity contribution < 1.29 is 26.7 Å². The van der Waals surface area contributed by atoms with E-state index in [1.165, 1.54) is 18.5 Å². The Labute approximate surface area is 232 Å². The molecule has 0 unspecified atom stereocenters. The Morgan fingerprint density at radius 2 is 1.85 bits per heavy atom. The molecule has 0 bridgehead atoms. The van der Waals surface area contributed by atoms with Gasteiger partial charge in [-0.05, 0) is 72.4 Å². The second-order valence-corrected chi connectivity index (χ2v) is 10.6. The van der Waals surface area contributed by atoms with Crippen molar-refractivity contribution in [2.24, 2.45) is 7.05 Å². The Balaban J connectivity index is 1.28. The lowest BCUT2D eigenvalue weighted by Crippen LogP contribution is -2.31. The van der Waals surface area contributed by atoms with E-state index in [0.29, 0.717) is 46.9 Å². The summed E-state index contributed by atoms with van der Waals surface area (Å²) < 4.78 is 70.1. The van der Waals surface area contributed by atoms with E-state index in [-0.39, 0.29) is 29.1 Å². The Morgan fingerprint density at radius 1 is 1.00 bits per heavy atom. The summed E-state index contributed by atoms with van der Waals surface area (Å²) >= 11 is 0. The van der Waals surface area contributed by atoms with Crippen LogP contribution in [0.4, 0.5) is 17.6 Å². The molecular formula is C30H25F4N5O2. The highest BCUT2D eigenvalue weighted by atomic mass is 19.4. The van der Waals surface area contributed by atoms with Crippen molar-refractivity contribution in [1.29, 1.82) is 0 Å². The van der Waals surface area contributed by atoms with E-state index in [4.69, 9.17) is 9.15 Å². The van der Waals surface area contributed by atoms with Gasteiger partial charge >= 0.3 is 6.18 Å². The minimum absolute atomic E-state index is 0.0622. The predicted molar refractivity (Wildman–Crippen MR) is 143 cm³/mol. The Bertz CT molecular complexity index is 1760. The largest absolute Gasteiger partial charge is 0.435 e. The number of benzene rings is 3. The molecule has 7 rings (SSSR count). The summed E-state index contributed by atoms with van der Waals surface area (Å²) in [6.45, 7) is 0.749. The number of aromatic nitrogens is 4. The molecule has 210 valence electrons. The molecule has 5 aromatic rings. The van der Waals surface area contributed by atoms with E-state index >= 15 is 0 Å². The zero-order chi connectivity index (χ0) is 28.3. The van der Waals surface area contributed by atoms with Gasteiger partial charge < -0.3 is 13.7 Å². The lowest BCUT2D eigenvalue weighted by Gasteiger charge is -2.21. The fraction of sp³-hybridized carbons (Fsp3) is 0.300. The fourth-order valence-corrected chi connectivity index (χ4v) is 6.02. The highest BCUT2D eigenvalue weighted by Gasteiger charge is 2.40. The number of nitrogens with zero attached hydrogens (tertiary/aromatic N) is 5. The smallest absolute Gasteiger partial charge is 0.420 e. The molecule has 3 heterocycles. The first-order valence-corrected chi connectivity index (χ1v) is 13.4. The summed E-state index contributed by atoms with van der Waals surface area (Å²) in [4.78, 5) is 6.59. The number of halogens is 4. The molecule has 1 aliphatic heterocycles. The third-order valence-electron chi connectivity index (χ3n) is 7.94. The number of oxazole rings is 1. The van der Waals surface area contributed by atoms with Crippen LogP contribution in [-0.4, -0.2) is 43.5 Å². The van der Waals surface area contributed by atoms with Gasteiger partial charge in [-0.3, -0.25) is 4.90 Å². The molecule has 0 radical (unpaired) electrons. The van der Waals surface area contributed by atoms with Crippen molar-refractivity contribution >= 4 is 11.1 Å². The first-order valence-electron chi connectivity index (χ1n) is 13.4. The van der Waals surface area contributed by atoms with Gasteiger partial charge in [0.2, 0.25) is 5.89 Å². The monoisotopic (exact) mass is 563 g/mol. The first-order chi connectivity index (χ1) is 19.7. The van der Waals surface area contributed by atoms with Gasteiger partial charge in [-0.1, -0.05) is 18.2 Å². The van der Waals surface area contributed by atoms with Crippen molar-refractivity contribution in [1.82, 2.24) is 24.6 Å². The number of fused-ring (bicyclic) bond motifs is 2. The molecule has 1 saturated carbocycles. The summed E-state index contributed by atoms with van der Waals surface area (Å²) in [6, 6.07) is 14.5. The lowest BCUT2D eigenvalue weighted by atomic mass is 9.97. The van der Waals surface area contributed by atoms with Gasteiger partial charge in [-0.2, -0.15) is 13.2 Å². The SMILES string of the molecule is Cn1cnnc1-c1cc(F)ccc1-c1cccc(-c2nc3cc(CN4CO[C@H]5CCC[C@H]54)cc(C(F)(F)F)c3o2)c1. The molecule has 7 nitrogen and oxygen atoms in total. The number of rotatable bonds is 5. The van der Waals surface area contributed by atoms with Gasteiger partial charge in [0, 0.05) is 30.8 Å². The van der Waals surface area contributed by atoms with Gasteiger partial charge in [-0.15, -0.1) is 10.2 Å². The van der Waals surface area contributed by atoms with Crippen LogP contribution in [0.25, 0.3) is 45.1 Å². The average molecular weight is 564 g/mol. The minimum atomic E-state index is -4.62. The van der Waals surface area contributed by atoms with Crippen molar-refractivity contribution in [2.75, 3.05) is 6.73 Å². The van der Waals surface area contributed by atoms with E-state index in [1.807, 2.05) is 6.07 Å². The summed E-state index contributed by atoms with van der Waals surface area (Å²) in [5.74, 6) is 0.106. The van der Waals surface area contributed by atoms with Crippen LogP contribution in [0.2, 0.25) is 0 Å². The van der Waals surface area contributed by atoms with E-state index in [0.717, 1.165) is 25.3 Å².